The summed E-state index contributed by atoms with van der Waals surface area (Å²) in [5.74, 6) is -5.25. The van der Waals surface area contributed by atoms with Gasteiger partial charge in [-0.3, -0.25) is 14.4 Å². The smallest absolute Gasteiger partial charge is 0.235 e. The maximum Gasteiger partial charge on any atom is 0.235 e. The lowest BCUT2D eigenvalue weighted by Gasteiger charge is -2.44. The summed E-state index contributed by atoms with van der Waals surface area (Å²) in [5, 5.41) is 16.9. The molecule has 3 N–H and O–H groups in total. The molecule has 0 radical (unpaired) electrons. The van der Waals surface area contributed by atoms with Gasteiger partial charge in [-0.15, -0.1) is 0 Å². The number of benzene rings is 3. The molecule has 0 aliphatic heterocycles. The van der Waals surface area contributed by atoms with Gasteiger partial charge in [-0.2, -0.15) is 0 Å². The van der Waals surface area contributed by atoms with Crippen molar-refractivity contribution >= 4 is 29.0 Å². The molecule has 9 heteroatoms. The summed E-state index contributed by atoms with van der Waals surface area (Å²) in [7, 11) is 2.91. The van der Waals surface area contributed by atoms with Gasteiger partial charge < -0.3 is 25.2 Å². The molecule has 1 saturated carbocycles. The molecule has 3 aromatic carbocycles. The number of amides is 2. The van der Waals surface area contributed by atoms with Crippen LogP contribution >= 0.6 is 0 Å². The van der Waals surface area contributed by atoms with E-state index in [1.54, 1.807) is 48.5 Å². The molecule has 1 fully saturated rings. The number of hydrogen-bond acceptors (Lipinski definition) is 6. The maximum absolute atomic E-state index is 13.8. The molecule has 38 heavy (non-hydrogen) atoms. The number of aliphatic hydroxyl groups is 1. The standard InChI is InChI=1S/C29H29FN2O6/c1-29(36)16-21(33)25(27(34)31-19-8-4-6-10-22(19)37-2)24(17-12-14-18(30)15-13-17)26(29)28(35)32-20-9-5-7-11-23(20)38-3/h4-15,24-26,36H,16H2,1-3H3,(H,31,34)(H,32,35)/t24-,25+,26-,29-/m0/s1. The van der Waals surface area contributed by atoms with E-state index in [0.717, 1.165) is 0 Å². The van der Waals surface area contributed by atoms with E-state index in [1.165, 1.54) is 45.4 Å². The summed E-state index contributed by atoms with van der Waals surface area (Å²) in [6.45, 7) is 1.39. The van der Waals surface area contributed by atoms with Crippen LogP contribution in [0.15, 0.2) is 72.8 Å². The van der Waals surface area contributed by atoms with Crippen molar-refractivity contribution in [2.24, 2.45) is 11.8 Å². The molecule has 3 aromatic rings. The number of ketones is 1. The van der Waals surface area contributed by atoms with E-state index in [-0.39, 0.29) is 0 Å². The molecule has 8 nitrogen and oxygen atoms in total. The third-order valence-electron chi connectivity index (χ3n) is 6.82. The predicted molar refractivity (Wildman–Crippen MR) is 140 cm³/mol. The van der Waals surface area contributed by atoms with Crippen LogP contribution < -0.4 is 20.1 Å². The highest BCUT2D eigenvalue weighted by Crippen LogP contribution is 2.47. The van der Waals surface area contributed by atoms with Gasteiger partial charge in [0.25, 0.3) is 0 Å². The largest absolute Gasteiger partial charge is 0.495 e. The number of Topliss-reactive ketones (excluding diaryl/α,β-unsaturated/α-hetero) is 1. The molecule has 4 atom stereocenters. The van der Waals surface area contributed by atoms with Crippen LogP contribution in [-0.2, 0) is 14.4 Å². The van der Waals surface area contributed by atoms with Gasteiger partial charge >= 0.3 is 0 Å². The van der Waals surface area contributed by atoms with Crippen LogP contribution in [0, 0.1) is 17.7 Å². The molecule has 0 bridgehead atoms. The van der Waals surface area contributed by atoms with Crippen LogP contribution in [0.3, 0.4) is 0 Å². The highest BCUT2D eigenvalue weighted by atomic mass is 19.1. The number of carbonyl (C=O) groups is 3. The summed E-state index contributed by atoms with van der Waals surface area (Å²) in [5.41, 5.74) is -0.734. The minimum atomic E-state index is -1.80. The van der Waals surface area contributed by atoms with Gasteiger partial charge in [0.05, 0.1) is 37.1 Å². The van der Waals surface area contributed by atoms with Crippen molar-refractivity contribution in [2.75, 3.05) is 24.9 Å². The summed E-state index contributed by atoms with van der Waals surface area (Å²) in [6.07, 6.45) is -0.432. The number of carbonyl (C=O) groups excluding carboxylic acids is 3. The Bertz CT molecular complexity index is 1340. The Morgan fingerprint density at radius 3 is 1.89 bits per heavy atom. The van der Waals surface area contributed by atoms with Crippen LogP contribution in [0.25, 0.3) is 0 Å². The summed E-state index contributed by atoms with van der Waals surface area (Å²) in [6, 6.07) is 18.7. The van der Waals surface area contributed by atoms with Crippen molar-refractivity contribution in [2.45, 2.75) is 24.9 Å². The number of nitrogens with one attached hydrogen (secondary N) is 2. The average Bonchev–Trinajstić information content (AvgIpc) is 2.88. The average molecular weight is 521 g/mol. The number of rotatable bonds is 7. The second-order valence-corrected chi connectivity index (χ2v) is 9.41. The molecule has 0 heterocycles. The van der Waals surface area contributed by atoms with Crippen molar-refractivity contribution in [3.8, 4) is 11.5 Å². The molecular weight excluding hydrogens is 491 g/mol. The normalized spacial score (nSPS) is 22.9. The van der Waals surface area contributed by atoms with E-state index < -0.39 is 53.2 Å². The topological polar surface area (TPSA) is 114 Å². The molecule has 2 amide bonds. The van der Waals surface area contributed by atoms with Crippen LogP contribution in [-0.4, -0.2) is 42.5 Å². The first-order valence-corrected chi connectivity index (χ1v) is 12.0. The van der Waals surface area contributed by atoms with Gasteiger partial charge in [-0.05, 0) is 48.9 Å². The lowest BCUT2D eigenvalue weighted by Crippen LogP contribution is -2.56. The minimum Gasteiger partial charge on any atom is -0.495 e. The Kier molecular flexibility index (Phi) is 7.78. The molecule has 198 valence electrons. The van der Waals surface area contributed by atoms with Crippen molar-refractivity contribution in [1.82, 2.24) is 0 Å². The van der Waals surface area contributed by atoms with E-state index in [9.17, 15) is 23.9 Å². The third kappa shape index (κ3) is 5.38. The van der Waals surface area contributed by atoms with E-state index in [1.807, 2.05) is 0 Å². The van der Waals surface area contributed by atoms with Gasteiger partial charge in [-0.25, -0.2) is 4.39 Å². The van der Waals surface area contributed by atoms with Gasteiger partial charge in [-0.1, -0.05) is 36.4 Å². The second kappa shape index (κ2) is 11.0. The van der Waals surface area contributed by atoms with E-state index in [0.29, 0.717) is 28.4 Å². The number of para-hydroxylation sites is 4. The quantitative estimate of drug-likeness (QED) is 0.403. The molecule has 1 aliphatic carbocycles. The number of methoxy groups -OCH3 is 2. The first kappa shape index (κ1) is 26.8. The lowest BCUT2D eigenvalue weighted by atomic mass is 9.61. The number of anilines is 2. The van der Waals surface area contributed by atoms with E-state index in [4.69, 9.17) is 9.47 Å². The van der Waals surface area contributed by atoms with Crippen molar-refractivity contribution < 1.29 is 33.4 Å². The van der Waals surface area contributed by atoms with E-state index >= 15 is 0 Å². The van der Waals surface area contributed by atoms with Gasteiger partial charge in [0.2, 0.25) is 11.8 Å². The van der Waals surface area contributed by atoms with Gasteiger partial charge in [0.15, 0.2) is 0 Å². The van der Waals surface area contributed by atoms with Crippen molar-refractivity contribution in [1.29, 1.82) is 0 Å². The fourth-order valence-electron chi connectivity index (χ4n) is 5.09. The van der Waals surface area contributed by atoms with Crippen LogP contribution in [0.4, 0.5) is 15.8 Å². The van der Waals surface area contributed by atoms with Gasteiger partial charge in [0.1, 0.15) is 29.0 Å². The lowest BCUT2D eigenvalue weighted by molar-refractivity contribution is -0.150. The highest BCUT2D eigenvalue weighted by molar-refractivity contribution is 6.11. The first-order valence-electron chi connectivity index (χ1n) is 12.0. The predicted octanol–water partition coefficient (Wildman–Crippen LogP) is 4.16. The summed E-state index contributed by atoms with van der Waals surface area (Å²) >= 11 is 0. The summed E-state index contributed by atoms with van der Waals surface area (Å²) in [4.78, 5) is 40.8. The number of ether oxygens (including phenoxy) is 2. The first-order chi connectivity index (χ1) is 18.2. The number of hydrogen-bond donors (Lipinski definition) is 3. The van der Waals surface area contributed by atoms with Crippen LogP contribution in [0.1, 0.15) is 24.8 Å². The number of halogens is 1. The molecule has 1 aliphatic rings. The Labute approximate surface area is 219 Å². The fourth-order valence-corrected chi connectivity index (χ4v) is 5.09. The fraction of sp³-hybridized carbons (Fsp3) is 0.276. The molecule has 0 saturated heterocycles. The zero-order valence-corrected chi connectivity index (χ0v) is 21.2. The van der Waals surface area contributed by atoms with E-state index in [2.05, 4.69) is 10.6 Å². The highest BCUT2D eigenvalue weighted by Gasteiger charge is 2.56. The van der Waals surface area contributed by atoms with Crippen LogP contribution in [0.5, 0.6) is 11.5 Å². The van der Waals surface area contributed by atoms with Crippen LogP contribution in [0.2, 0.25) is 0 Å². The molecule has 0 aromatic heterocycles. The SMILES string of the molecule is COc1ccccc1NC(=O)[C@@H]1C(=O)C[C@](C)(O)[C@H](C(=O)Nc2ccccc2OC)[C@H]1c1ccc(F)cc1. The van der Waals surface area contributed by atoms with Gasteiger partial charge in [0, 0.05) is 12.3 Å². The Balaban J connectivity index is 1.78. The Morgan fingerprint density at radius 2 is 1.37 bits per heavy atom. The Morgan fingerprint density at radius 1 is 0.868 bits per heavy atom. The zero-order chi connectivity index (χ0) is 27.4. The van der Waals surface area contributed by atoms with Crippen molar-refractivity contribution in [3.63, 3.8) is 0 Å². The summed E-state index contributed by atoms with van der Waals surface area (Å²) < 4.78 is 24.5. The second-order valence-electron chi connectivity index (χ2n) is 9.41. The minimum absolute atomic E-state index is 0.345. The molecular formula is C29H29FN2O6. The maximum atomic E-state index is 13.8. The van der Waals surface area contributed by atoms with Crippen molar-refractivity contribution in [3.05, 3.63) is 84.2 Å². The third-order valence-corrected chi connectivity index (χ3v) is 6.82. The Hall–Kier alpha value is -4.24. The monoisotopic (exact) mass is 520 g/mol. The zero-order valence-electron chi connectivity index (χ0n) is 21.2. The molecule has 0 unspecified atom stereocenters. The molecule has 4 rings (SSSR count). The molecule has 0 spiro atoms.